The number of benzene rings is 1. The van der Waals surface area contributed by atoms with E-state index in [2.05, 4.69) is 10.7 Å². The highest BCUT2D eigenvalue weighted by Crippen LogP contribution is 2.21. The number of anilines is 1. The molecule has 1 aromatic rings. The third kappa shape index (κ3) is 3.16. The summed E-state index contributed by atoms with van der Waals surface area (Å²) in [6, 6.07) is 4.78. The van der Waals surface area contributed by atoms with E-state index in [0.717, 1.165) is 9.87 Å². The van der Waals surface area contributed by atoms with Crippen LogP contribution in [0, 0.1) is 6.92 Å². The summed E-state index contributed by atoms with van der Waals surface area (Å²) < 4.78 is 25.1. The Labute approximate surface area is 112 Å². The highest BCUT2D eigenvalue weighted by Gasteiger charge is 2.18. The largest absolute Gasteiger partial charge is 0.331 e. The summed E-state index contributed by atoms with van der Waals surface area (Å²) >= 11 is 4.88. The van der Waals surface area contributed by atoms with E-state index in [1.54, 1.807) is 12.1 Å². The molecule has 1 aromatic carbocycles. The predicted molar refractivity (Wildman–Crippen MR) is 75.6 cm³/mol. The minimum absolute atomic E-state index is 0.195. The van der Waals surface area contributed by atoms with Crippen LogP contribution in [0.3, 0.4) is 0 Å². The van der Waals surface area contributed by atoms with Crippen molar-refractivity contribution < 1.29 is 8.42 Å². The molecule has 0 unspecified atom stereocenters. The van der Waals surface area contributed by atoms with Crippen LogP contribution in [0.25, 0.3) is 0 Å². The van der Waals surface area contributed by atoms with Gasteiger partial charge in [-0.15, -0.1) is 0 Å². The molecule has 0 saturated heterocycles. The second-order valence-corrected chi connectivity index (χ2v) is 6.42. The van der Waals surface area contributed by atoms with Crippen molar-refractivity contribution in [2.45, 2.75) is 11.8 Å². The standard InChI is InChI=1S/C10H16N4O2S2/c1-7-4-5-8(18(15,16)14(2)3)6-9(7)12-10(17)13-11/h4-6H,11H2,1-3H3,(H2,12,13,17). The molecule has 0 atom stereocenters. The Bertz CT molecular complexity index is 555. The molecule has 0 bridgehead atoms. The summed E-state index contributed by atoms with van der Waals surface area (Å²) in [7, 11) is -0.499. The van der Waals surface area contributed by atoms with Gasteiger partial charge in [0, 0.05) is 19.8 Å². The summed E-state index contributed by atoms with van der Waals surface area (Å²) in [5.41, 5.74) is 3.75. The minimum Gasteiger partial charge on any atom is -0.331 e. The SMILES string of the molecule is Cc1ccc(S(=O)(=O)N(C)C)cc1NC(=S)NN. The molecular formula is C10H16N4O2S2. The second-order valence-electron chi connectivity index (χ2n) is 3.86. The summed E-state index contributed by atoms with van der Waals surface area (Å²) in [5, 5.41) is 3.04. The number of hydrogen-bond acceptors (Lipinski definition) is 4. The fourth-order valence-corrected chi connectivity index (χ4v) is 2.30. The molecule has 0 aliphatic heterocycles. The number of nitrogens with zero attached hydrogens (tertiary/aromatic N) is 1. The number of rotatable bonds is 3. The van der Waals surface area contributed by atoms with Crippen LogP contribution in [0.2, 0.25) is 0 Å². The van der Waals surface area contributed by atoms with Gasteiger partial charge < -0.3 is 10.7 Å². The molecule has 0 saturated carbocycles. The fourth-order valence-electron chi connectivity index (χ4n) is 1.27. The third-order valence-corrected chi connectivity index (χ3v) is 4.40. The lowest BCUT2D eigenvalue weighted by Crippen LogP contribution is -2.34. The zero-order valence-electron chi connectivity index (χ0n) is 10.4. The van der Waals surface area contributed by atoms with Crippen LogP contribution in [0.15, 0.2) is 23.1 Å². The highest BCUT2D eigenvalue weighted by molar-refractivity contribution is 7.89. The van der Waals surface area contributed by atoms with Gasteiger partial charge in [-0.05, 0) is 36.8 Å². The first-order valence-corrected chi connectivity index (χ1v) is 6.94. The molecular weight excluding hydrogens is 272 g/mol. The summed E-state index contributed by atoms with van der Waals surface area (Å²) in [6.07, 6.45) is 0. The van der Waals surface area contributed by atoms with E-state index in [9.17, 15) is 8.42 Å². The summed E-state index contributed by atoms with van der Waals surface area (Å²) in [5.74, 6) is 5.16. The van der Waals surface area contributed by atoms with E-state index in [1.807, 2.05) is 6.92 Å². The van der Waals surface area contributed by atoms with Crippen molar-refractivity contribution in [3.63, 3.8) is 0 Å². The first-order chi connectivity index (χ1) is 8.28. The smallest absolute Gasteiger partial charge is 0.242 e. The Hall–Kier alpha value is -1.22. The number of nitrogens with one attached hydrogen (secondary N) is 2. The molecule has 0 fully saturated rings. The van der Waals surface area contributed by atoms with Gasteiger partial charge in [0.2, 0.25) is 10.0 Å². The topological polar surface area (TPSA) is 87.5 Å². The fraction of sp³-hybridized carbons (Fsp3) is 0.300. The molecule has 0 radical (unpaired) electrons. The van der Waals surface area contributed by atoms with Crippen molar-refractivity contribution in [1.82, 2.24) is 9.73 Å². The Morgan fingerprint density at radius 3 is 2.50 bits per heavy atom. The normalized spacial score (nSPS) is 11.4. The molecule has 18 heavy (non-hydrogen) atoms. The van der Waals surface area contributed by atoms with Crippen molar-refractivity contribution in [1.29, 1.82) is 0 Å². The van der Waals surface area contributed by atoms with Crippen molar-refractivity contribution in [2.75, 3.05) is 19.4 Å². The zero-order valence-corrected chi connectivity index (χ0v) is 12.0. The van der Waals surface area contributed by atoms with Crippen molar-refractivity contribution in [3.05, 3.63) is 23.8 Å². The van der Waals surface area contributed by atoms with E-state index < -0.39 is 10.0 Å². The van der Waals surface area contributed by atoms with Crippen LogP contribution in [0.1, 0.15) is 5.56 Å². The monoisotopic (exact) mass is 288 g/mol. The lowest BCUT2D eigenvalue weighted by molar-refractivity contribution is 0.521. The molecule has 8 heteroatoms. The van der Waals surface area contributed by atoms with E-state index in [0.29, 0.717) is 5.69 Å². The molecule has 0 spiro atoms. The number of thiocarbonyl (C=S) groups is 1. The van der Waals surface area contributed by atoms with Crippen molar-refractivity contribution in [2.24, 2.45) is 5.84 Å². The van der Waals surface area contributed by atoms with Crippen LogP contribution >= 0.6 is 12.2 Å². The second kappa shape index (κ2) is 5.61. The maximum Gasteiger partial charge on any atom is 0.242 e. The van der Waals surface area contributed by atoms with Gasteiger partial charge in [0.25, 0.3) is 0 Å². The van der Waals surface area contributed by atoms with Crippen LogP contribution in [0.4, 0.5) is 5.69 Å². The average molecular weight is 288 g/mol. The number of aryl methyl sites for hydroxylation is 1. The first-order valence-electron chi connectivity index (χ1n) is 5.10. The minimum atomic E-state index is -3.46. The zero-order chi connectivity index (χ0) is 13.9. The molecule has 0 aliphatic rings. The van der Waals surface area contributed by atoms with Crippen LogP contribution in [-0.4, -0.2) is 31.9 Å². The summed E-state index contributed by atoms with van der Waals surface area (Å²) in [6.45, 7) is 1.84. The molecule has 0 aromatic heterocycles. The predicted octanol–water partition coefficient (Wildman–Crippen LogP) is 0.405. The Balaban J connectivity index is 3.20. The van der Waals surface area contributed by atoms with E-state index in [4.69, 9.17) is 18.1 Å². The highest BCUT2D eigenvalue weighted by atomic mass is 32.2. The van der Waals surface area contributed by atoms with Gasteiger partial charge in [-0.2, -0.15) is 0 Å². The Morgan fingerprint density at radius 1 is 1.39 bits per heavy atom. The molecule has 6 nitrogen and oxygen atoms in total. The van der Waals surface area contributed by atoms with Crippen LogP contribution in [0.5, 0.6) is 0 Å². The Kier molecular flexibility index (Phi) is 4.63. The van der Waals surface area contributed by atoms with Gasteiger partial charge in [0.1, 0.15) is 0 Å². The van der Waals surface area contributed by atoms with Gasteiger partial charge in [-0.25, -0.2) is 18.6 Å². The lowest BCUT2D eigenvalue weighted by Gasteiger charge is -2.15. The first kappa shape index (κ1) is 14.8. The number of sulfonamides is 1. The van der Waals surface area contributed by atoms with Gasteiger partial charge in [0.15, 0.2) is 5.11 Å². The van der Waals surface area contributed by atoms with E-state index >= 15 is 0 Å². The molecule has 4 N–H and O–H groups in total. The van der Waals surface area contributed by atoms with E-state index in [1.165, 1.54) is 20.2 Å². The molecule has 100 valence electrons. The van der Waals surface area contributed by atoms with E-state index in [-0.39, 0.29) is 10.0 Å². The van der Waals surface area contributed by atoms with Gasteiger partial charge in [0.05, 0.1) is 4.90 Å². The lowest BCUT2D eigenvalue weighted by atomic mass is 10.2. The van der Waals surface area contributed by atoms with Crippen molar-refractivity contribution in [3.8, 4) is 0 Å². The third-order valence-electron chi connectivity index (χ3n) is 2.37. The number of hydrazine groups is 1. The maximum atomic E-state index is 12.0. The quantitative estimate of drug-likeness (QED) is 0.424. The molecule has 0 amide bonds. The average Bonchev–Trinajstić information content (AvgIpc) is 2.31. The van der Waals surface area contributed by atoms with Gasteiger partial charge >= 0.3 is 0 Å². The number of hydrogen-bond donors (Lipinski definition) is 3. The van der Waals surface area contributed by atoms with Crippen molar-refractivity contribution >= 4 is 33.0 Å². The molecule has 0 aliphatic carbocycles. The van der Waals surface area contributed by atoms with Gasteiger partial charge in [-0.3, -0.25) is 0 Å². The van der Waals surface area contributed by atoms with Gasteiger partial charge in [-0.1, -0.05) is 6.07 Å². The maximum absolute atomic E-state index is 12.0. The summed E-state index contributed by atoms with van der Waals surface area (Å²) in [4.78, 5) is 0.195. The molecule has 0 heterocycles. The Morgan fingerprint density at radius 2 is 2.00 bits per heavy atom. The van der Waals surface area contributed by atoms with Crippen LogP contribution in [-0.2, 0) is 10.0 Å². The van der Waals surface area contributed by atoms with Crippen LogP contribution < -0.4 is 16.6 Å². The number of nitrogens with two attached hydrogens (primary N) is 1. The molecule has 1 rings (SSSR count).